The van der Waals surface area contributed by atoms with E-state index in [-0.39, 0.29) is 17.8 Å². The molecule has 4 nitrogen and oxygen atoms in total. The minimum Gasteiger partial charge on any atom is -0.378 e. The Labute approximate surface area is 143 Å². The molecule has 132 valence electrons. The van der Waals surface area contributed by atoms with Crippen LogP contribution < -0.4 is 5.32 Å². The second-order valence-electron chi connectivity index (χ2n) is 6.84. The normalized spacial score (nSPS) is 21.8. The van der Waals surface area contributed by atoms with Gasteiger partial charge in [0.1, 0.15) is 5.82 Å². The van der Waals surface area contributed by atoms with Gasteiger partial charge in [-0.05, 0) is 37.0 Å². The minimum absolute atomic E-state index is 0.115. The predicted octanol–water partition coefficient (Wildman–Crippen LogP) is 2.52. The highest BCUT2D eigenvalue weighted by molar-refractivity contribution is 5.77. The SMILES string of the molecule is O=C(CC1COCCN1)N(CCc1cccc(F)c1)C1CCCC1. The van der Waals surface area contributed by atoms with Gasteiger partial charge in [0.2, 0.25) is 5.91 Å². The topological polar surface area (TPSA) is 41.6 Å². The molecule has 1 aromatic carbocycles. The van der Waals surface area contributed by atoms with Gasteiger partial charge in [-0.25, -0.2) is 4.39 Å². The van der Waals surface area contributed by atoms with E-state index in [0.717, 1.165) is 31.6 Å². The number of rotatable bonds is 6. The van der Waals surface area contributed by atoms with Crippen molar-refractivity contribution in [3.05, 3.63) is 35.6 Å². The largest absolute Gasteiger partial charge is 0.378 e. The van der Waals surface area contributed by atoms with Crippen LogP contribution in [-0.2, 0) is 16.0 Å². The summed E-state index contributed by atoms with van der Waals surface area (Å²) in [4.78, 5) is 14.9. The lowest BCUT2D eigenvalue weighted by Crippen LogP contribution is -2.47. The molecule has 1 N–H and O–H groups in total. The lowest BCUT2D eigenvalue weighted by Gasteiger charge is -2.32. The molecule has 0 spiro atoms. The first-order chi connectivity index (χ1) is 11.7. The summed E-state index contributed by atoms with van der Waals surface area (Å²) in [7, 11) is 0. The first-order valence-electron chi connectivity index (χ1n) is 9.07. The molecule has 0 radical (unpaired) electrons. The molecule has 0 aromatic heterocycles. The van der Waals surface area contributed by atoms with Crippen LogP contribution in [0.25, 0.3) is 0 Å². The van der Waals surface area contributed by atoms with E-state index in [4.69, 9.17) is 4.74 Å². The molecule has 2 fully saturated rings. The van der Waals surface area contributed by atoms with Crippen LogP contribution in [0.2, 0.25) is 0 Å². The predicted molar refractivity (Wildman–Crippen MR) is 91.3 cm³/mol. The van der Waals surface area contributed by atoms with E-state index in [1.165, 1.54) is 18.9 Å². The van der Waals surface area contributed by atoms with Gasteiger partial charge >= 0.3 is 0 Å². The highest BCUT2D eigenvalue weighted by Crippen LogP contribution is 2.25. The number of morpholine rings is 1. The van der Waals surface area contributed by atoms with Crippen molar-refractivity contribution in [3.63, 3.8) is 0 Å². The van der Waals surface area contributed by atoms with E-state index < -0.39 is 0 Å². The highest BCUT2D eigenvalue weighted by Gasteiger charge is 2.28. The van der Waals surface area contributed by atoms with Crippen LogP contribution in [0.1, 0.15) is 37.7 Å². The Morgan fingerprint density at radius 3 is 2.88 bits per heavy atom. The average Bonchev–Trinajstić information content (AvgIpc) is 3.10. The van der Waals surface area contributed by atoms with Gasteiger partial charge in [0, 0.05) is 31.6 Å². The van der Waals surface area contributed by atoms with Gasteiger partial charge in [0.15, 0.2) is 0 Å². The van der Waals surface area contributed by atoms with Crippen LogP contribution in [-0.4, -0.2) is 49.2 Å². The quantitative estimate of drug-likeness (QED) is 0.869. The standard InChI is InChI=1S/C19H27FN2O2/c20-16-5-3-4-15(12-16)8-10-22(18-6-1-2-7-18)19(23)13-17-14-24-11-9-21-17/h3-5,12,17-18,21H,1-2,6-11,13-14H2. The van der Waals surface area contributed by atoms with E-state index in [1.807, 2.05) is 11.0 Å². The number of hydrogen-bond acceptors (Lipinski definition) is 3. The molecule has 1 saturated carbocycles. The zero-order valence-electron chi connectivity index (χ0n) is 14.2. The van der Waals surface area contributed by atoms with E-state index in [1.54, 1.807) is 12.1 Å². The van der Waals surface area contributed by atoms with Crippen molar-refractivity contribution in [1.29, 1.82) is 0 Å². The second-order valence-corrected chi connectivity index (χ2v) is 6.84. The Morgan fingerprint density at radius 2 is 2.17 bits per heavy atom. The molecule has 1 aliphatic heterocycles. The molecular weight excluding hydrogens is 307 g/mol. The Morgan fingerprint density at radius 1 is 1.33 bits per heavy atom. The van der Waals surface area contributed by atoms with Crippen LogP contribution >= 0.6 is 0 Å². The first-order valence-corrected chi connectivity index (χ1v) is 9.07. The number of halogens is 1. The third-order valence-corrected chi connectivity index (χ3v) is 5.04. The van der Waals surface area contributed by atoms with Crippen molar-refractivity contribution < 1.29 is 13.9 Å². The lowest BCUT2D eigenvalue weighted by molar-refractivity contribution is -0.134. The Balaban J connectivity index is 1.60. The maximum absolute atomic E-state index is 13.4. The van der Waals surface area contributed by atoms with Crippen molar-refractivity contribution in [2.45, 2.75) is 50.6 Å². The molecule has 0 bridgehead atoms. The first kappa shape index (κ1) is 17.4. The maximum Gasteiger partial charge on any atom is 0.224 e. The molecule has 5 heteroatoms. The van der Waals surface area contributed by atoms with E-state index in [0.29, 0.717) is 32.0 Å². The minimum atomic E-state index is -0.213. The monoisotopic (exact) mass is 334 g/mol. The Hall–Kier alpha value is -1.46. The van der Waals surface area contributed by atoms with Gasteiger partial charge in [-0.2, -0.15) is 0 Å². The Bertz CT molecular complexity index is 540. The summed E-state index contributed by atoms with van der Waals surface area (Å²) in [5, 5.41) is 3.35. The van der Waals surface area contributed by atoms with Gasteiger partial charge in [-0.1, -0.05) is 25.0 Å². The third-order valence-electron chi connectivity index (χ3n) is 5.04. The van der Waals surface area contributed by atoms with Crippen molar-refractivity contribution in [3.8, 4) is 0 Å². The zero-order valence-corrected chi connectivity index (χ0v) is 14.2. The maximum atomic E-state index is 13.4. The average molecular weight is 334 g/mol. The highest BCUT2D eigenvalue weighted by atomic mass is 19.1. The van der Waals surface area contributed by atoms with Crippen molar-refractivity contribution in [2.24, 2.45) is 0 Å². The van der Waals surface area contributed by atoms with Crippen molar-refractivity contribution in [1.82, 2.24) is 10.2 Å². The molecule has 1 amide bonds. The smallest absolute Gasteiger partial charge is 0.224 e. The zero-order chi connectivity index (χ0) is 16.8. The number of amides is 1. The third kappa shape index (κ3) is 4.77. The van der Waals surface area contributed by atoms with Gasteiger partial charge in [-0.15, -0.1) is 0 Å². The summed E-state index contributed by atoms with van der Waals surface area (Å²) < 4.78 is 18.8. The van der Waals surface area contributed by atoms with Gasteiger partial charge in [0.05, 0.1) is 13.2 Å². The molecule has 1 unspecified atom stereocenters. The molecule has 24 heavy (non-hydrogen) atoms. The summed E-state index contributed by atoms with van der Waals surface area (Å²) in [6.45, 7) is 2.80. The summed E-state index contributed by atoms with van der Waals surface area (Å²) in [5.41, 5.74) is 0.949. The number of carbonyl (C=O) groups excluding carboxylic acids is 1. The summed E-state index contributed by atoms with van der Waals surface area (Å²) >= 11 is 0. The van der Waals surface area contributed by atoms with Crippen molar-refractivity contribution in [2.75, 3.05) is 26.3 Å². The molecule has 3 rings (SSSR count). The van der Waals surface area contributed by atoms with E-state index in [9.17, 15) is 9.18 Å². The lowest BCUT2D eigenvalue weighted by atomic mass is 10.1. The van der Waals surface area contributed by atoms with Crippen LogP contribution in [0.3, 0.4) is 0 Å². The molecule has 1 heterocycles. The van der Waals surface area contributed by atoms with Gasteiger partial charge in [0.25, 0.3) is 0 Å². The second kappa shape index (κ2) is 8.58. The Kier molecular flexibility index (Phi) is 6.21. The number of ether oxygens (including phenoxy) is 1. The molecule has 1 atom stereocenters. The number of carbonyl (C=O) groups is 1. The van der Waals surface area contributed by atoms with Crippen molar-refractivity contribution >= 4 is 5.91 Å². The van der Waals surface area contributed by atoms with E-state index in [2.05, 4.69) is 5.32 Å². The fraction of sp³-hybridized carbons (Fsp3) is 0.632. The number of hydrogen-bond donors (Lipinski definition) is 1. The van der Waals surface area contributed by atoms with Gasteiger partial charge in [-0.3, -0.25) is 4.79 Å². The molecule has 1 saturated heterocycles. The number of benzene rings is 1. The fourth-order valence-corrected chi connectivity index (χ4v) is 3.75. The fourth-order valence-electron chi connectivity index (χ4n) is 3.75. The van der Waals surface area contributed by atoms with Crippen LogP contribution in [0, 0.1) is 5.82 Å². The summed E-state index contributed by atoms with van der Waals surface area (Å²) in [6.07, 6.45) is 5.75. The molecular formula is C19H27FN2O2. The van der Waals surface area contributed by atoms with Crippen LogP contribution in [0.5, 0.6) is 0 Å². The molecule has 1 aliphatic carbocycles. The van der Waals surface area contributed by atoms with Crippen LogP contribution in [0.15, 0.2) is 24.3 Å². The van der Waals surface area contributed by atoms with Crippen LogP contribution in [0.4, 0.5) is 4.39 Å². The summed E-state index contributed by atoms with van der Waals surface area (Å²) in [5.74, 6) is -0.0175. The molecule has 1 aromatic rings. The number of nitrogens with one attached hydrogen (secondary N) is 1. The van der Waals surface area contributed by atoms with E-state index >= 15 is 0 Å². The molecule has 2 aliphatic rings. The number of nitrogens with zero attached hydrogens (tertiary/aromatic N) is 1. The van der Waals surface area contributed by atoms with Gasteiger partial charge < -0.3 is 15.0 Å². The summed E-state index contributed by atoms with van der Waals surface area (Å²) in [6, 6.07) is 7.14.